The second kappa shape index (κ2) is 7.10. The van der Waals surface area contributed by atoms with E-state index in [1.54, 1.807) is 0 Å². The van der Waals surface area contributed by atoms with E-state index in [4.69, 9.17) is 0 Å². The number of halogens is 4. The molecule has 0 rings (SSSR count). The van der Waals surface area contributed by atoms with Crippen LogP contribution < -0.4 is 0 Å². The van der Waals surface area contributed by atoms with Crippen LogP contribution in [0.15, 0.2) is 0 Å². The summed E-state index contributed by atoms with van der Waals surface area (Å²) in [6, 6.07) is 0. The van der Waals surface area contributed by atoms with Gasteiger partial charge in [-0.25, -0.2) is 0 Å². The Morgan fingerprint density at radius 3 is 0.714 bits per heavy atom. The summed E-state index contributed by atoms with van der Waals surface area (Å²) in [6.07, 6.45) is -5.50. The van der Waals surface area contributed by atoms with Gasteiger partial charge in [-0.15, -0.1) is 17.6 Å². The van der Waals surface area contributed by atoms with Crippen LogP contribution in [0, 0.1) is 0 Å². The van der Waals surface area contributed by atoms with Crippen LogP contribution in [0.1, 0.15) is 0 Å². The standard InChI is InChI=1S/CF4.2K.2H/c2-1(3,4)5;;;;. The zero-order valence-electron chi connectivity index (χ0n) is 2.01. The Hall–Kier alpha value is 2.99. The minimum atomic E-state index is -5.50. The van der Waals surface area contributed by atoms with Crippen molar-refractivity contribution in [3.8, 4) is 0 Å². The summed E-state index contributed by atoms with van der Waals surface area (Å²) in [5.74, 6) is 0. The van der Waals surface area contributed by atoms with Gasteiger partial charge in [0.15, 0.2) is 0 Å². The van der Waals surface area contributed by atoms with Crippen molar-refractivity contribution in [1.82, 2.24) is 0 Å². The van der Waals surface area contributed by atoms with Crippen molar-refractivity contribution in [2.75, 3.05) is 0 Å². The van der Waals surface area contributed by atoms with Crippen molar-refractivity contribution < 1.29 is 17.6 Å². The Balaban J connectivity index is -0.0000000800. The fraction of sp³-hybridized carbons (Fsp3) is 1.00. The Bertz CT molecular complexity index is 25.2. The number of rotatable bonds is 0. The molecule has 0 bridgehead atoms. The molecule has 0 heterocycles. The molecule has 0 saturated heterocycles. The summed E-state index contributed by atoms with van der Waals surface area (Å²) in [5.41, 5.74) is 0. The molecule has 0 aliphatic heterocycles. The third kappa shape index (κ3) is 49.1. The Labute approximate surface area is 123 Å². The first-order chi connectivity index (χ1) is 2.00. The first kappa shape index (κ1) is 16.5. The third-order valence-corrected chi connectivity index (χ3v) is 0. The Kier molecular flexibility index (Phi) is 16.8. The molecule has 0 aromatic heterocycles. The Morgan fingerprint density at radius 2 is 0.714 bits per heavy atom. The number of hydrogen-bond donors (Lipinski definition) is 0. The number of hydrogen-bond acceptors (Lipinski definition) is 0. The van der Waals surface area contributed by atoms with Gasteiger partial charge in [0.1, 0.15) is 0 Å². The van der Waals surface area contributed by atoms with Gasteiger partial charge in [-0.2, -0.15) is 0 Å². The van der Waals surface area contributed by atoms with E-state index < -0.39 is 6.43 Å². The van der Waals surface area contributed by atoms with Crippen LogP contribution in [-0.2, 0) is 0 Å². The molecule has 0 saturated carbocycles. The predicted molar refractivity (Wildman–Crippen MR) is 21.5 cm³/mol. The molecule has 0 aliphatic rings. The molecule has 0 atom stereocenters. The minimum absolute atomic E-state index is 0. The van der Waals surface area contributed by atoms with E-state index in [-0.39, 0.29) is 103 Å². The van der Waals surface area contributed by atoms with E-state index in [9.17, 15) is 17.6 Å². The van der Waals surface area contributed by atoms with Crippen LogP contribution in [0.2, 0.25) is 0 Å². The molecule has 36 valence electrons. The quantitative estimate of drug-likeness (QED) is 0.357. The van der Waals surface area contributed by atoms with E-state index in [2.05, 4.69) is 0 Å². The Morgan fingerprint density at radius 1 is 0.714 bits per heavy atom. The van der Waals surface area contributed by atoms with Crippen molar-refractivity contribution in [3.63, 3.8) is 0 Å². The topological polar surface area (TPSA) is 0 Å². The molecule has 0 unspecified atom stereocenters. The molecule has 0 N–H and O–H groups in total. The molecule has 0 aliphatic carbocycles. The average molecular weight is 168 g/mol. The van der Waals surface area contributed by atoms with Crippen molar-refractivity contribution in [2.45, 2.75) is 6.43 Å². The summed E-state index contributed by atoms with van der Waals surface area (Å²) in [7, 11) is 0. The molecule has 6 heteroatoms. The second-order valence-corrected chi connectivity index (χ2v) is 0.429. The summed E-state index contributed by atoms with van der Waals surface area (Å²) >= 11 is 0. The monoisotopic (exact) mass is 168 g/mol. The molecule has 7 heavy (non-hydrogen) atoms. The maximum absolute atomic E-state index is 9.69. The van der Waals surface area contributed by atoms with Crippen molar-refractivity contribution in [1.29, 1.82) is 0 Å². The zero-order chi connectivity index (χ0) is 4.50. The molecular formula is CH2F4K2. The number of alkyl halides is 4. The summed E-state index contributed by atoms with van der Waals surface area (Å²) in [4.78, 5) is 0. The van der Waals surface area contributed by atoms with Crippen LogP contribution in [0.25, 0.3) is 0 Å². The first-order valence-corrected chi connectivity index (χ1v) is 0.756. The van der Waals surface area contributed by atoms with Gasteiger partial charge in [0.2, 0.25) is 0 Å². The van der Waals surface area contributed by atoms with E-state index in [0.717, 1.165) is 0 Å². The van der Waals surface area contributed by atoms with Gasteiger partial charge >= 0.3 is 109 Å². The first-order valence-electron chi connectivity index (χ1n) is 0.756. The SMILES string of the molecule is FC(F)(F)F.[KH].[KH]. The van der Waals surface area contributed by atoms with Gasteiger partial charge in [-0.1, -0.05) is 0 Å². The summed E-state index contributed by atoms with van der Waals surface area (Å²) < 4.78 is 38.8. The van der Waals surface area contributed by atoms with Crippen LogP contribution in [0.4, 0.5) is 17.6 Å². The molecular weight excluding hydrogens is 166 g/mol. The van der Waals surface area contributed by atoms with Crippen LogP contribution in [-0.4, -0.2) is 109 Å². The van der Waals surface area contributed by atoms with Crippen LogP contribution in [0.3, 0.4) is 0 Å². The molecule has 0 spiro atoms. The van der Waals surface area contributed by atoms with E-state index in [1.165, 1.54) is 0 Å². The summed E-state index contributed by atoms with van der Waals surface area (Å²) in [6.45, 7) is 0. The van der Waals surface area contributed by atoms with E-state index >= 15 is 0 Å². The maximum atomic E-state index is 9.69. The molecule has 0 aromatic rings. The zero-order valence-corrected chi connectivity index (χ0v) is 2.01. The van der Waals surface area contributed by atoms with Crippen LogP contribution >= 0.6 is 0 Å². The normalized spacial score (nSPS) is 8.57. The predicted octanol–water partition coefficient (Wildman–Crippen LogP) is 0.179. The van der Waals surface area contributed by atoms with E-state index in [0.29, 0.717) is 0 Å². The van der Waals surface area contributed by atoms with Gasteiger partial charge in [0.05, 0.1) is 0 Å². The fourth-order valence-corrected chi connectivity index (χ4v) is 0. The van der Waals surface area contributed by atoms with Crippen LogP contribution in [0.5, 0.6) is 0 Å². The molecule has 0 aromatic carbocycles. The van der Waals surface area contributed by atoms with Gasteiger partial charge in [0, 0.05) is 0 Å². The second-order valence-electron chi connectivity index (χ2n) is 0.429. The molecule has 0 amide bonds. The van der Waals surface area contributed by atoms with Gasteiger partial charge < -0.3 is 0 Å². The van der Waals surface area contributed by atoms with Crippen molar-refractivity contribution in [2.24, 2.45) is 0 Å². The van der Waals surface area contributed by atoms with E-state index in [1.807, 2.05) is 0 Å². The van der Waals surface area contributed by atoms with Gasteiger partial charge in [0.25, 0.3) is 0 Å². The van der Waals surface area contributed by atoms with Gasteiger partial charge in [-0.3, -0.25) is 0 Å². The van der Waals surface area contributed by atoms with Gasteiger partial charge in [-0.05, 0) is 0 Å². The molecule has 0 fully saturated rings. The summed E-state index contributed by atoms with van der Waals surface area (Å²) in [5, 5.41) is 0. The molecule has 0 radical (unpaired) electrons. The third-order valence-electron chi connectivity index (χ3n) is 0. The van der Waals surface area contributed by atoms with Crippen molar-refractivity contribution >= 4 is 103 Å². The fourth-order valence-electron chi connectivity index (χ4n) is 0. The average Bonchev–Trinajstić information content (AvgIpc) is 0.722. The van der Waals surface area contributed by atoms with Crippen molar-refractivity contribution in [3.05, 3.63) is 0 Å². The molecule has 0 nitrogen and oxygen atoms in total.